The average molecular weight is 469 g/mol. The Morgan fingerprint density at radius 1 is 1.03 bits per heavy atom. The molecule has 0 radical (unpaired) electrons. The van der Waals surface area contributed by atoms with E-state index < -0.39 is 11.9 Å². The molecule has 1 atom stereocenters. The molecule has 32 heavy (non-hydrogen) atoms. The minimum Gasteiger partial charge on any atom is -0.381 e. The standard InChI is InChI=1S/C22H32N4O5.ClH/c1-25-19-15-16(5-2-11-30-13-4-14-31-12-3-10-23)6-7-17(19)26(22(25)29)18-8-9-20(27)24-21(18)28;/h6-7,15,18H,2-5,8-14,23H2,1H3,(H,24,27,28);1H. The Balaban J connectivity index is 0.00000363. The van der Waals surface area contributed by atoms with Gasteiger partial charge in [-0.2, -0.15) is 0 Å². The number of halogens is 1. The highest BCUT2D eigenvalue weighted by atomic mass is 35.5. The molecule has 1 aliphatic rings. The van der Waals surface area contributed by atoms with Crippen molar-refractivity contribution in [1.82, 2.24) is 14.5 Å². The molecule has 2 aromatic rings. The van der Waals surface area contributed by atoms with Crippen molar-refractivity contribution in [2.75, 3.05) is 33.0 Å². The number of rotatable bonds is 12. The van der Waals surface area contributed by atoms with E-state index in [9.17, 15) is 14.4 Å². The van der Waals surface area contributed by atoms with Gasteiger partial charge in [0.05, 0.1) is 11.0 Å². The van der Waals surface area contributed by atoms with Crippen molar-refractivity contribution in [2.24, 2.45) is 12.8 Å². The Labute approximate surface area is 193 Å². The van der Waals surface area contributed by atoms with E-state index in [1.165, 1.54) is 4.57 Å². The first-order valence-electron chi connectivity index (χ1n) is 10.9. The van der Waals surface area contributed by atoms with Crippen LogP contribution in [0.25, 0.3) is 11.0 Å². The lowest BCUT2D eigenvalue weighted by atomic mass is 10.1. The molecule has 2 heterocycles. The van der Waals surface area contributed by atoms with Crippen LogP contribution in [-0.4, -0.2) is 53.9 Å². The normalized spacial score (nSPS) is 16.2. The number of aryl methyl sites for hydroxylation is 2. The van der Waals surface area contributed by atoms with Gasteiger partial charge in [0.1, 0.15) is 6.04 Å². The highest BCUT2D eigenvalue weighted by Gasteiger charge is 2.31. The zero-order chi connectivity index (χ0) is 22.2. The number of piperidine rings is 1. The summed E-state index contributed by atoms with van der Waals surface area (Å²) < 4.78 is 14.2. The van der Waals surface area contributed by atoms with Crippen LogP contribution in [0.4, 0.5) is 0 Å². The van der Waals surface area contributed by atoms with E-state index in [4.69, 9.17) is 15.2 Å². The average Bonchev–Trinajstić information content (AvgIpc) is 3.00. The van der Waals surface area contributed by atoms with Crippen molar-refractivity contribution in [3.8, 4) is 0 Å². The summed E-state index contributed by atoms with van der Waals surface area (Å²) in [6.07, 6.45) is 4.03. The zero-order valence-corrected chi connectivity index (χ0v) is 19.3. The third-order valence-electron chi connectivity index (χ3n) is 5.50. The number of carbonyl (C=O) groups is 2. The molecule has 0 aliphatic carbocycles. The Kier molecular flexibility index (Phi) is 10.4. The second-order valence-corrected chi connectivity index (χ2v) is 7.83. The number of aromatic nitrogens is 2. The molecule has 2 amide bonds. The molecule has 1 fully saturated rings. The van der Waals surface area contributed by atoms with Crippen LogP contribution >= 0.6 is 12.4 Å². The van der Waals surface area contributed by atoms with Crippen molar-refractivity contribution in [1.29, 1.82) is 0 Å². The van der Waals surface area contributed by atoms with Crippen molar-refractivity contribution < 1.29 is 19.1 Å². The molecule has 0 spiro atoms. The van der Waals surface area contributed by atoms with Crippen molar-refractivity contribution in [2.45, 2.75) is 44.6 Å². The first kappa shape index (κ1) is 26.1. The van der Waals surface area contributed by atoms with Gasteiger partial charge >= 0.3 is 5.69 Å². The third-order valence-corrected chi connectivity index (χ3v) is 5.50. The summed E-state index contributed by atoms with van der Waals surface area (Å²) >= 11 is 0. The third kappa shape index (κ3) is 6.41. The van der Waals surface area contributed by atoms with E-state index in [1.807, 2.05) is 18.2 Å². The van der Waals surface area contributed by atoms with E-state index in [0.29, 0.717) is 44.9 Å². The van der Waals surface area contributed by atoms with Gasteiger partial charge in [-0.1, -0.05) is 6.07 Å². The number of nitrogens with zero attached hydrogens (tertiary/aromatic N) is 2. The number of nitrogens with two attached hydrogens (primary N) is 1. The topological polar surface area (TPSA) is 118 Å². The van der Waals surface area contributed by atoms with Crippen molar-refractivity contribution >= 4 is 35.3 Å². The summed E-state index contributed by atoms with van der Waals surface area (Å²) in [5, 5.41) is 2.33. The van der Waals surface area contributed by atoms with Gasteiger partial charge in [-0.05, 0) is 56.3 Å². The summed E-state index contributed by atoms with van der Waals surface area (Å²) in [5.74, 6) is -0.713. The van der Waals surface area contributed by atoms with Gasteiger partial charge in [0, 0.05) is 39.9 Å². The van der Waals surface area contributed by atoms with Gasteiger partial charge in [0.25, 0.3) is 0 Å². The van der Waals surface area contributed by atoms with Crippen LogP contribution in [0.2, 0.25) is 0 Å². The van der Waals surface area contributed by atoms with Crippen molar-refractivity contribution in [3.05, 3.63) is 34.2 Å². The fourth-order valence-electron chi connectivity index (χ4n) is 3.83. The molecule has 178 valence electrons. The number of benzene rings is 1. The Morgan fingerprint density at radius 3 is 2.41 bits per heavy atom. The number of ether oxygens (including phenoxy) is 2. The van der Waals surface area contributed by atoms with E-state index in [-0.39, 0.29) is 30.4 Å². The SMILES string of the molecule is Cl.Cn1c(=O)n(C2CCC(=O)NC2=O)c2ccc(CCCOCCCOCCCN)cc21. The molecule has 1 saturated heterocycles. The molecule has 3 N–H and O–H groups in total. The summed E-state index contributed by atoms with van der Waals surface area (Å²) in [6, 6.07) is 5.20. The molecule has 1 unspecified atom stereocenters. The van der Waals surface area contributed by atoms with Crippen molar-refractivity contribution in [3.63, 3.8) is 0 Å². The molecular weight excluding hydrogens is 436 g/mol. The summed E-state index contributed by atoms with van der Waals surface area (Å²) in [6.45, 7) is 3.38. The minimum atomic E-state index is -0.660. The summed E-state index contributed by atoms with van der Waals surface area (Å²) in [7, 11) is 1.70. The molecule has 0 bridgehead atoms. The van der Waals surface area contributed by atoms with Crippen LogP contribution in [0.5, 0.6) is 0 Å². The second-order valence-electron chi connectivity index (χ2n) is 7.83. The monoisotopic (exact) mass is 468 g/mol. The number of nitrogens with one attached hydrogen (secondary N) is 1. The van der Waals surface area contributed by atoms with Gasteiger partial charge in [0.15, 0.2) is 0 Å². The Hall–Kier alpha value is -2.20. The fourth-order valence-corrected chi connectivity index (χ4v) is 3.83. The van der Waals surface area contributed by atoms with Gasteiger partial charge in [-0.25, -0.2) is 4.79 Å². The maximum atomic E-state index is 12.8. The van der Waals surface area contributed by atoms with Crippen LogP contribution < -0.4 is 16.7 Å². The summed E-state index contributed by atoms with van der Waals surface area (Å²) in [5.41, 5.74) is 7.76. The highest BCUT2D eigenvalue weighted by Crippen LogP contribution is 2.24. The predicted molar refractivity (Wildman–Crippen MR) is 124 cm³/mol. The largest absolute Gasteiger partial charge is 0.381 e. The molecule has 0 saturated carbocycles. The second kappa shape index (κ2) is 12.7. The van der Waals surface area contributed by atoms with Crippen LogP contribution in [0.15, 0.2) is 23.0 Å². The number of imidazole rings is 1. The van der Waals surface area contributed by atoms with Gasteiger partial charge in [-0.3, -0.25) is 24.0 Å². The first-order valence-corrected chi connectivity index (χ1v) is 10.9. The Morgan fingerprint density at radius 2 is 1.72 bits per heavy atom. The van der Waals surface area contributed by atoms with E-state index in [0.717, 1.165) is 36.8 Å². The number of imide groups is 1. The number of hydrogen-bond donors (Lipinski definition) is 2. The lowest BCUT2D eigenvalue weighted by Crippen LogP contribution is -2.44. The molecule has 10 heteroatoms. The van der Waals surface area contributed by atoms with Gasteiger partial charge in [-0.15, -0.1) is 12.4 Å². The predicted octanol–water partition coefficient (Wildman–Crippen LogP) is 1.44. The molecule has 9 nitrogen and oxygen atoms in total. The van der Waals surface area contributed by atoms with Gasteiger partial charge in [0.2, 0.25) is 11.8 Å². The van der Waals surface area contributed by atoms with Crippen LogP contribution in [0.1, 0.15) is 43.7 Å². The number of fused-ring (bicyclic) bond motifs is 1. The molecular formula is C22H33ClN4O5. The lowest BCUT2D eigenvalue weighted by Gasteiger charge is -2.21. The number of amides is 2. The number of hydrogen-bond acceptors (Lipinski definition) is 6. The lowest BCUT2D eigenvalue weighted by molar-refractivity contribution is -0.135. The fraction of sp³-hybridized carbons (Fsp3) is 0.591. The minimum absolute atomic E-state index is 0. The van der Waals surface area contributed by atoms with Crippen LogP contribution in [0, 0.1) is 0 Å². The molecule has 1 aromatic heterocycles. The number of carbonyl (C=O) groups excluding carboxylic acids is 2. The molecule has 1 aliphatic heterocycles. The maximum absolute atomic E-state index is 12.8. The maximum Gasteiger partial charge on any atom is 0.329 e. The van der Waals surface area contributed by atoms with E-state index in [1.54, 1.807) is 11.6 Å². The highest BCUT2D eigenvalue weighted by molar-refractivity contribution is 6.00. The molecule has 1 aromatic carbocycles. The quantitative estimate of drug-likeness (QED) is 0.359. The zero-order valence-electron chi connectivity index (χ0n) is 18.5. The first-order chi connectivity index (χ1) is 15.0. The van der Waals surface area contributed by atoms with E-state index in [2.05, 4.69) is 5.32 Å². The summed E-state index contributed by atoms with van der Waals surface area (Å²) in [4.78, 5) is 36.5. The Bertz CT molecular complexity index is 971. The molecule has 3 rings (SSSR count). The van der Waals surface area contributed by atoms with E-state index >= 15 is 0 Å². The smallest absolute Gasteiger partial charge is 0.329 e. The van der Waals surface area contributed by atoms with Crippen LogP contribution in [0.3, 0.4) is 0 Å². The van der Waals surface area contributed by atoms with Crippen LogP contribution in [-0.2, 0) is 32.5 Å². The van der Waals surface area contributed by atoms with Gasteiger partial charge < -0.3 is 15.2 Å².